The summed E-state index contributed by atoms with van der Waals surface area (Å²) in [5.41, 5.74) is 1.60. The van der Waals surface area contributed by atoms with Gasteiger partial charge in [0.05, 0.1) is 19.8 Å². The van der Waals surface area contributed by atoms with Crippen LogP contribution in [0.2, 0.25) is 0 Å². The number of aliphatic hydroxyl groups excluding tert-OH is 1. The second-order valence-corrected chi connectivity index (χ2v) is 4.08. The smallest absolute Gasteiger partial charge is 0.251 e. The topological polar surface area (TPSA) is 67.8 Å². The number of methoxy groups -OCH3 is 1. The lowest BCUT2D eigenvalue weighted by Gasteiger charge is -2.07. The first-order valence-corrected chi connectivity index (χ1v) is 6.32. The lowest BCUT2D eigenvalue weighted by Crippen LogP contribution is -2.25. The van der Waals surface area contributed by atoms with Crippen molar-refractivity contribution < 1.29 is 19.4 Å². The van der Waals surface area contributed by atoms with Crippen LogP contribution in [-0.4, -0.2) is 44.5 Å². The van der Waals surface area contributed by atoms with Crippen molar-refractivity contribution in [2.24, 2.45) is 0 Å². The van der Waals surface area contributed by atoms with E-state index in [1.807, 2.05) is 18.2 Å². The lowest BCUT2D eigenvalue weighted by atomic mass is 10.1. The molecule has 0 heterocycles. The van der Waals surface area contributed by atoms with Gasteiger partial charge in [-0.2, -0.15) is 0 Å². The van der Waals surface area contributed by atoms with E-state index in [1.54, 1.807) is 13.2 Å². The van der Waals surface area contributed by atoms with E-state index in [0.29, 0.717) is 31.9 Å². The molecular formula is C14H21NO4. The maximum absolute atomic E-state index is 11.9. The van der Waals surface area contributed by atoms with E-state index in [2.05, 4.69) is 5.32 Å². The van der Waals surface area contributed by atoms with Crippen molar-refractivity contribution in [3.8, 4) is 0 Å². The molecule has 0 aliphatic heterocycles. The van der Waals surface area contributed by atoms with Gasteiger partial charge in [0.1, 0.15) is 0 Å². The van der Waals surface area contributed by atoms with Crippen LogP contribution in [0.4, 0.5) is 0 Å². The number of ether oxygens (including phenoxy) is 2. The molecule has 19 heavy (non-hydrogen) atoms. The third-order valence-corrected chi connectivity index (χ3v) is 2.49. The molecule has 0 aromatic heterocycles. The summed E-state index contributed by atoms with van der Waals surface area (Å²) in [6.45, 7) is 1.95. The summed E-state index contributed by atoms with van der Waals surface area (Å²) in [6.07, 6.45) is 0.726. The first-order valence-electron chi connectivity index (χ1n) is 6.32. The minimum absolute atomic E-state index is 0.0264. The van der Waals surface area contributed by atoms with E-state index in [9.17, 15) is 4.79 Å². The van der Waals surface area contributed by atoms with Crippen LogP contribution in [0, 0.1) is 0 Å². The van der Waals surface area contributed by atoms with E-state index in [0.717, 1.165) is 12.0 Å². The zero-order valence-electron chi connectivity index (χ0n) is 11.2. The molecule has 0 saturated carbocycles. The van der Waals surface area contributed by atoms with Crippen molar-refractivity contribution in [1.29, 1.82) is 0 Å². The van der Waals surface area contributed by atoms with Gasteiger partial charge in [-0.3, -0.25) is 4.79 Å². The predicted octanol–water partition coefficient (Wildman–Crippen LogP) is 0.962. The minimum atomic E-state index is -0.0971. The fourth-order valence-electron chi connectivity index (χ4n) is 1.61. The summed E-state index contributed by atoms with van der Waals surface area (Å²) in [5.74, 6) is -0.0971. The van der Waals surface area contributed by atoms with Crippen LogP contribution in [0.5, 0.6) is 0 Å². The van der Waals surface area contributed by atoms with E-state index >= 15 is 0 Å². The van der Waals surface area contributed by atoms with Crippen LogP contribution in [0.3, 0.4) is 0 Å². The lowest BCUT2D eigenvalue weighted by molar-refractivity contribution is 0.0867. The largest absolute Gasteiger partial charge is 0.394 e. The highest BCUT2D eigenvalue weighted by molar-refractivity contribution is 5.94. The number of carbonyl (C=O) groups is 1. The molecule has 0 fully saturated rings. The van der Waals surface area contributed by atoms with Crippen LogP contribution in [0.1, 0.15) is 22.3 Å². The quantitative estimate of drug-likeness (QED) is 0.654. The summed E-state index contributed by atoms with van der Waals surface area (Å²) in [7, 11) is 1.62. The Balaban J connectivity index is 2.30. The molecule has 0 bridgehead atoms. The second-order valence-electron chi connectivity index (χ2n) is 4.08. The van der Waals surface area contributed by atoms with E-state index in [-0.39, 0.29) is 12.5 Å². The second kappa shape index (κ2) is 9.49. The van der Waals surface area contributed by atoms with Crippen molar-refractivity contribution in [2.45, 2.75) is 13.0 Å². The Kier molecular flexibility index (Phi) is 7.81. The maximum atomic E-state index is 11.9. The maximum Gasteiger partial charge on any atom is 0.251 e. The number of hydrogen-bond acceptors (Lipinski definition) is 4. The highest BCUT2D eigenvalue weighted by atomic mass is 16.5. The van der Waals surface area contributed by atoms with E-state index < -0.39 is 0 Å². The highest BCUT2D eigenvalue weighted by Crippen LogP contribution is 2.06. The molecule has 5 heteroatoms. The highest BCUT2D eigenvalue weighted by Gasteiger charge is 2.05. The van der Waals surface area contributed by atoms with E-state index in [1.165, 1.54) is 0 Å². The molecule has 0 spiro atoms. The van der Waals surface area contributed by atoms with Gasteiger partial charge >= 0.3 is 0 Å². The Morgan fingerprint density at radius 1 is 1.37 bits per heavy atom. The zero-order valence-corrected chi connectivity index (χ0v) is 11.2. The summed E-state index contributed by atoms with van der Waals surface area (Å²) >= 11 is 0. The normalized spacial score (nSPS) is 10.4. The molecule has 106 valence electrons. The van der Waals surface area contributed by atoms with Crippen LogP contribution < -0.4 is 5.32 Å². The molecule has 0 unspecified atom stereocenters. The third kappa shape index (κ3) is 6.33. The number of carbonyl (C=O) groups excluding carboxylic acids is 1. The van der Waals surface area contributed by atoms with Crippen LogP contribution in [0.15, 0.2) is 24.3 Å². The average Bonchev–Trinajstić information content (AvgIpc) is 2.43. The van der Waals surface area contributed by atoms with Gasteiger partial charge in [-0.1, -0.05) is 12.1 Å². The Morgan fingerprint density at radius 3 is 2.95 bits per heavy atom. The predicted molar refractivity (Wildman–Crippen MR) is 72.0 cm³/mol. The molecule has 1 aromatic carbocycles. The van der Waals surface area contributed by atoms with E-state index in [4.69, 9.17) is 14.6 Å². The Bertz CT molecular complexity index is 381. The van der Waals surface area contributed by atoms with Gasteiger partial charge in [-0.05, 0) is 24.1 Å². The van der Waals surface area contributed by atoms with Crippen molar-refractivity contribution in [3.63, 3.8) is 0 Å². The minimum Gasteiger partial charge on any atom is -0.394 e. The van der Waals surface area contributed by atoms with Crippen LogP contribution in [0.25, 0.3) is 0 Å². The first-order chi connectivity index (χ1) is 9.27. The van der Waals surface area contributed by atoms with Gasteiger partial charge < -0.3 is 19.9 Å². The van der Waals surface area contributed by atoms with Crippen molar-refractivity contribution in [1.82, 2.24) is 5.32 Å². The zero-order chi connectivity index (χ0) is 13.9. The van der Waals surface area contributed by atoms with Crippen LogP contribution >= 0.6 is 0 Å². The molecule has 0 aliphatic rings. The average molecular weight is 267 g/mol. The van der Waals surface area contributed by atoms with Crippen LogP contribution in [-0.2, 0) is 16.1 Å². The summed E-state index contributed by atoms with van der Waals surface area (Å²) in [4.78, 5) is 11.9. The summed E-state index contributed by atoms with van der Waals surface area (Å²) < 4.78 is 10.1. The van der Waals surface area contributed by atoms with Gasteiger partial charge in [-0.15, -0.1) is 0 Å². The third-order valence-electron chi connectivity index (χ3n) is 2.49. The number of rotatable bonds is 9. The van der Waals surface area contributed by atoms with Crippen molar-refractivity contribution in [2.75, 3.05) is 33.5 Å². The number of hydrogen-bond donors (Lipinski definition) is 2. The Hall–Kier alpha value is -1.43. The molecule has 0 radical (unpaired) electrons. The fraction of sp³-hybridized carbons (Fsp3) is 0.500. The van der Waals surface area contributed by atoms with Gasteiger partial charge in [0.25, 0.3) is 5.91 Å². The molecular weight excluding hydrogens is 246 g/mol. The Morgan fingerprint density at radius 2 is 2.21 bits per heavy atom. The number of benzene rings is 1. The Labute approximate surface area is 113 Å². The standard InChI is InChI=1S/C14H21NO4/c1-18-11-12-4-2-5-13(10-12)14(17)15-6-3-8-19-9-7-16/h2,4-5,10,16H,3,6-9,11H2,1H3,(H,15,17). The molecule has 1 aromatic rings. The summed E-state index contributed by atoms with van der Waals surface area (Å²) in [5, 5.41) is 11.3. The number of amides is 1. The molecule has 1 amide bonds. The fourth-order valence-corrected chi connectivity index (χ4v) is 1.61. The molecule has 1 rings (SSSR count). The number of nitrogens with one attached hydrogen (secondary N) is 1. The molecule has 0 saturated heterocycles. The van der Waals surface area contributed by atoms with Gasteiger partial charge in [0.2, 0.25) is 0 Å². The van der Waals surface area contributed by atoms with Crippen molar-refractivity contribution >= 4 is 5.91 Å². The molecule has 0 aliphatic carbocycles. The first kappa shape index (κ1) is 15.6. The monoisotopic (exact) mass is 267 g/mol. The summed E-state index contributed by atoms with van der Waals surface area (Å²) in [6, 6.07) is 7.36. The van der Waals surface area contributed by atoms with Gasteiger partial charge in [0.15, 0.2) is 0 Å². The SMILES string of the molecule is COCc1cccc(C(=O)NCCCOCCO)c1. The van der Waals surface area contributed by atoms with Gasteiger partial charge in [-0.25, -0.2) is 0 Å². The molecule has 0 atom stereocenters. The number of aliphatic hydroxyl groups is 1. The van der Waals surface area contributed by atoms with Crippen molar-refractivity contribution in [3.05, 3.63) is 35.4 Å². The molecule has 2 N–H and O–H groups in total. The molecule has 5 nitrogen and oxygen atoms in total. The van der Waals surface area contributed by atoms with Gasteiger partial charge in [0, 0.05) is 25.8 Å².